The van der Waals surface area contributed by atoms with E-state index in [1.54, 1.807) is 5.57 Å². The minimum atomic E-state index is -0.957. The highest BCUT2D eigenvalue weighted by molar-refractivity contribution is 5.86. The number of cyclic esters (lactones) is 1. The lowest BCUT2D eigenvalue weighted by Crippen LogP contribution is -2.43. The number of fused-ring (bicyclic) bond motifs is 1. The van der Waals surface area contributed by atoms with Crippen LogP contribution in [0.3, 0.4) is 0 Å². The normalized spacial score (nSPS) is 36.4. The first-order valence-electron chi connectivity index (χ1n) is 12.2. The highest BCUT2D eigenvalue weighted by Gasteiger charge is 2.48. The summed E-state index contributed by atoms with van der Waals surface area (Å²) in [6.45, 7) is 11.6. The summed E-state index contributed by atoms with van der Waals surface area (Å²) in [6, 6.07) is 0. The smallest absolute Gasteiger partial charge is 0.334 e. The van der Waals surface area contributed by atoms with Crippen LogP contribution in [0.4, 0.5) is 0 Å². The molecule has 5 nitrogen and oxygen atoms in total. The van der Waals surface area contributed by atoms with Crippen LogP contribution in [0.1, 0.15) is 79.6 Å². The van der Waals surface area contributed by atoms with Crippen LogP contribution < -0.4 is 0 Å². The molecule has 0 saturated heterocycles. The van der Waals surface area contributed by atoms with Crippen molar-refractivity contribution >= 4 is 11.9 Å². The van der Waals surface area contributed by atoms with Crippen LogP contribution in [0.15, 0.2) is 34.9 Å². The molecule has 176 valence electrons. The number of carbonyl (C=O) groups is 2. The van der Waals surface area contributed by atoms with Gasteiger partial charge in [0.2, 0.25) is 0 Å². The second-order valence-electron chi connectivity index (χ2n) is 11.1. The minimum absolute atomic E-state index is 0.285. The molecular weight excluding hydrogens is 404 g/mol. The third kappa shape index (κ3) is 4.46. The van der Waals surface area contributed by atoms with Crippen LogP contribution in [-0.4, -0.2) is 30.9 Å². The average molecular weight is 443 g/mol. The summed E-state index contributed by atoms with van der Waals surface area (Å²) in [6.07, 6.45) is 13.0. The lowest BCUT2D eigenvalue weighted by Gasteiger charge is -2.53. The zero-order valence-corrected chi connectivity index (χ0v) is 20.2. The number of carbonyl (C=O) groups excluding carboxylic acids is 2. The van der Waals surface area contributed by atoms with Crippen molar-refractivity contribution in [2.75, 3.05) is 6.61 Å². The minimum Gasteiger partial charge on any atom is -0.421 e. The van der Waals surface area contributed by atoms with Gasteiger partial charge in [-0.15, -0.1) is 0 Å². The SMILES string of the molecule is CC(=O)O[C@H]1OC(=O)C=C1[C@H]1CC=C(CC[C@@]2(C)[C@@H](C)CC=C3[C@@H]2CCCC3(C)C)CO1. The fourth-order valence-corrected chi connectivity index (χ4v) is 6.30. The van der Waals surface area contributed by atoms with E-state index in [1.165, 1.54) is 50.7 Å². The molecule has 0 spiro atoms. The maximum absolute atomic E-state index is 11.7. The fraction of sp³-hybridized carbons (Fsp3) is 0.704. The topological polar surface area (TPSA) is 61.8 Å². The van der Waals surface area contributed by atoms with Gasteiger partial charge in [0.1, 0.15) is 0 Å². The van der Waals surface area contributed by atoms with E-state index >= 15 is 0 Å². The zero-order chi connectivity index (χ0) is 23.1. The van der Waals surface area contributed by atoms with Crippen molar-refractivity contribution in [1.29, 1.82) is 0 Å². The second-order valence-corrected chi connectivity index (χ2v) is 11.1. The molecule has 0 radical (unpaired) electrons. The summed E-state index contributed by atoms with van der Waals surface area (Å²) in [7, 11) is 0. The van der Waals surface area contributed by atoms with Crippen molar-refractivity contribution in [3.05, 3.63) is 34.9 Å². The molecule has 1 saturated carbocycles. The molecule has 0 aromatic heterocycles. The Morgan fingerprint density at radius 2 is 2.00 bits per heavy atom. The molecule has 5 heteroatoms. The van der Waals surface area contributed by atoms with Crippen molar-refractivity contribution in [2.45, 2.75) is 92.0 Å². The monoisotopic (exact) mass is 442 g/mol. The molecule has 5 atom stereocenters. The van der Waals surface area contributed by atoms with Crippen LogP contribution >= 0.6 is 0 Å². The van der Waals surface area contributed by atoms with E-state index in [2.05, 4.69) is 39.8 Å². The van der Waals surface area contributed by atoms with E-state index < -0.39 is 18.2 Å². The molecule has 32 heavy (non-hydrogen) atoms. The van der Waals surface area contributed by atoms with Gasteiger partial charge in [0.15, 0.2) is 0 Å². The van der Waals surface area contributed by atoms with E-state index in [4.69, 9.17) is 14.2 Å². The van der Waals surface area contributed by atoms with Crippen LogP contribution in [0, 0.1) is 22.7 Å². The van der Waals surface area contributed by atoms with Crippen molar-refractivity contribution < 1.29 is 23.8 Å². The highest BCUT2D eigenvalue weighted by Crippen LogP contribution is 2.58. The molecule has 2 aliphatic heterocycles. The standard InChI is InChI=1S/C27H38O5/c1-17-8-10-21-22(7-6-13-26(21,3)4)27(17,5)14-12-19-9-11-23(30-16-19)20-15-24(29)32-25(20)31-18(2)28/h9-10,15,17,22-23,25H,6-8,11-14,16H2,1-5H3/t17-,22-,23+,25-,27-/m0/s1. The lowest BCUT2D eigenvalue weighted by molar-refractivity contribution is -0.173. The molecule has 4 aliphatic rings. The molecule has 4 rings (SSSR count). The highest BCUT2D eigenvalue weighted by atomic mass is 16.7. The van der Waals surface area contributed by atoms with Gasteiger partial charge in [-0.1, -0.05) is 51.8 Å². The Labute approximate surface area is 192 Å². The molecule has 0 amide bonds. The van der Waals surface area contributed by atoms with Crippen molar-refractivity contribution in [1.82, 2.24) is 0 Å². The van der Waals surface area contributed by atoms with Crippen LogP contribution in [0.5, 0.6) is 0 Å². The number of ether oxygens (including phenoxy) is 3. The number of hydrogen-bond acceptors (Lipinski definition) is 5. The predicted octanol–water partition coefficient (Wildman–Crippen LogP) is 5.65. The van der Waals surface area contributed by atoms with Crippen LogP contribution in [-0.2, 0) is 23.8 Å². The van der Waals surface area contributed by atoms with E-state index in [1.807, 2.05) is 0 Å². The van der Waals surface area contributed by atoms with Crippen LogP contribution in [0.2, 0.25) is 0 Å². The fourth-order valence-electron chi connectivity index (χ4n) is 6.30. The molecule has 1 fully saturated rings. The third-order valence-electron chi connectivity index (χ3n) is 8.56. The molecule has 2 heterocycles. The van der Waals surface area contributed by atoms with Gasteiger partial charge in [0, 0.05) is 18.6 Å². The molecule has 0 aromatic carbocycles. The van der Waals surface area contributed by atoms with Gasteiger partial charge in [-0.2, -0.15) is 0 Å². The maximum atomic E-state index is 11.7. The van der Waals surface area contributed by atoms with Crippen molar-refractivity contribution in [3.8, 4) is 0 Å². The molecule has 2 aliphatic carbocycles. The first kappa shape index (κ1) is 23.3. The third-order valence-corrected chi connectivity index (χ3v) is 8.56. The first-order valence-corrected chi connectivity index (χ1v) is 12.2. The largest absolute Gasteiger partial charge is 0.421 e. The number of esters is 2. The van der Waals surface area contributed by atoms with Gasteiger partial charge in [0.25, 0.3) is 6.29 Å². The lowest BCUT2D eigenvalue weighted by atomic mass is 9.52. The summed E-state index contributed by atoms with van der Waals surface area (Å²) in [5.74, 6) is 0.406. The van der Waals surface area contributed by atoms with Crippen molar-refractivity contribution in [2.24, 2.45) is 22.7 Å². The summed E-state index contributed by atoms with van der Waals surface area (Å²) >= 11 is 0. The Bertz CT molecular complexity index is 863. The summed E-state index contributed by atoms with van der Waals surface area (Å²) < 4.78 is 16.3. The Balaban J connectivity index is 1.40. The van der Waals surface area contributed by atoms with Gasteiger partial charge in [-0.05, 0) is 66.8 Å². The number of hydrogen-bond donors (Lipinski definition) is 0. The molecule has 0 bridgehead atoms. The zero-order valence-electron chi connectivity index (χ0n) is 20.2. The summed E-state index contributed by atoms with van der Waals surface area (Å²) in [5, 5.41) is 0. The van der Waals surface area contributed by atoms with E-state index in [9.17, 15) is 9.59 Å². The van der Waals surface area contributed by atoms with Crippen molar-refractivity contribution in [3.63, 3.8) is 0 Å². The summed E-state index contributed by atoms with van der Waals surface area (Å²) in [4.78, 5) is 23.0. The Morgan fingerprint density at radius 1 is 1.22 bits per heavy atom. The number of allylic oxidation sites excluding steroid dienone is 2. The molecule has 0 unspecified atom stereocenters. The summed E-state index contributed by atoms with van der Waals surface area (Å²) in [5.41, 5.74) is 4.28. The van der Waals surface area contributed by atoms with E-state index in [-0.39, 0.29) is 6.10 Å². The Hall–Kier alpha value is -1.88. The maximum Gasteiger partial charge on any atom is 0.334 e. The Morgan fingerprint density at radius 3 is 2.69 bits per heavy atom. The molecule has 0 aromatic rings. The predicted molar refractivity (Wildman–Crippen MR) is 122 cm³/mol. The first-order chi connectivity index (χ1) is 15.1. The molecule has 0 N–H and O–H groups in total. The second kappa shape index (κ2) is 8.81. The Kier molecular flexibility index (Phi) is 6.41. The van der Waals surface area contributed by atoms with E-state index in [0.29, 0.717) is 41.3 Å². The number of rotatable bonds is 5. The van der Waals surface area contributed by atoms with Gasteiger partial charge in [0.05, 0.1) is 12.7 Å². The van der Waals surface area contributed by atoms with Gasteiger partial charge in [-0.3, -0.25) is 4.79 Å². The molecular formula is C27H38O5. The average Bonchev–Trinajstić information content (AvgIpc) is 3.09. The van der Waals surface area contributed by atoms with E-state index in [0.717, 1.165) is 6.42 Å². The van der Waals surface area contributed by atoms with Crippen LogP contribution in [0.25, 0.3) is 0 Å². The van der Waals surface area contributed by atoms with Gasteiger partial charge in [-0.25, -0.2) is 4.79 Å². The van der Waals surface area contributed by atoms with Gasteiger partial charge < -0.3 is 14.2 Å². The quantitative estimate of drug-likeness (QED) is 0.406. The van der Waals surface area contributed by atoms with Gasteiger partial charge >= 0.3 is 11.9 Å².